The van der Waals surface area contributed by atoms with Crippen molar-refractivity contribution in [2.75, 3.05) is 20.8 Å². The van der Waals surface area contributed by atoms with Crippen LogP contribution in [0.1, 0.15) is 19.3 Å². The van der Waals surface area contributed by atoms with Gasteiger partial charge in [-0.05, 0) is 25.2 Å². The third-order valence-corrected chi connectivity index (χ3v) is 2.77. The van der Waals surface area contributed by atoms with Gasteiger partial charge in [0.1, 0.15) is 0 Å². The Morgan fingerprint density at radius 2 is 1.88 bits per heavy atom. The zero-order valence-electron chi connectivity index (χ0n) is 9.62. The highest BCUT2D eigenvalue weighted by atomic mass is 16.5. The first kappa shape index (κ1) is 12.6. The molecule has 0 spiro atoms. The number of alkyl carbamates (subject to hydrolysis) is 2. The maximum absolute atomic E-state index is 11.0. The highest BCUT2D eigenvalue weighted by molar-refractivity contribution is 5.67. The molecule has 92 valence electrons. The Morgan fingerprint density at radius 1 is 1.19 bits per heavy atom. The molecule has 6 nitrogen and oxygen atoms in total. The van der Waals surface area contributed by atoms with Crippen molar-refractivity contribution in [1.29, 1.82) is 0 Å². The van der Waals surface area contributed by atoms with Crippen molar-refractivity contribution in [1.82, 2.24) is 10.6 Å². The van der Waals surface area contributed by atoms with Gasteiger partial charge in [-0.25, -0.2) is 9.59 Å². The van der Waals surface area contributed by atoms with Crippen LogP contribution in [0.2, 0.25) is 0 Å². The Hall–Kier alpha value is -1.46. The Kier molecular flexibility index (Phi) is 4.88. The summed E-state index contributed by atoms with van der Waals surface area (Å²) in [5, 5.41) is 5.41. The number of hydrogen-bond acceptors (Lipinski definition) is 4. The molecule has 0 bridgehead atoms. The highest BCUT2D eigenvalue weighted by Gasteiger charge is 2.26. The fraction of sp³-hybridized carbons (Fsp3) is 0.800. The molecule has 6 heteroatoms. The molecule has 2 amide bonds. The number of amides is 2. The van der Waals surface area contributed by atoms with E-state index in [9.17, 15) is 9.59 Å². The summed E-state index contributed by atoms with van der Waals surface area (Å²) in [6.07, 6.45) is 1.95. The lowest BCUT2D eigenvalue weighted by Crippen LogP contribution is -2.34. The van der Waals surface area contributed by atoms with E-state index in [1.807, 2.05) is 0 Å². The lowest BCUT2D eigenvalue weighted by molar-refractivity contribution is 0.165. The SMILES string of the molecule is COC(=O)NCC1CCC(NC(=O)OC)C1. The second-order valence-corrected chi connectivity index (χ2v) is 3.88. The first-order valence-electron chi connectivity index (χ1n) is 5.32. The monoisotopic (exact) mass is 230 g/mol. The van der Waals surface area contributed by atoms with Gasteiger partial charge < -0.3 is 20.1 Å². The molecule has 2 N–H and O–H groups in total. The van der Waals surface area contributed by atoms with E-state index in [2.05, 4.69) is 20.1 Å². The average molecular weight is 230 g/mol. The number of carbonyl (C=O) groups is 2. The van der Waals surface area contributed by atoms with Gasteiger partial charge in [-0.3, -0.25) is 0 Å². The molecule has 1 rings (SSSR count). The molecule has 1 aliphatic carbocycles. The number of hydrogen-bond donors (Lipinski definition) is 2. The number of methoxy groups -OCH3 is 2. The van der Waals surface area contributed by atoms with Crippen LogP contribution in [0.5, 0.6) is 0 Å². The minimum absolute atomic E-state index is 0.150. The largest absolute Gasteiger partial charge is 0.453 e. The minimum atomic E-state index is -0.413. The summed E-state index contributed by atoms with van der Waals surface area (Å²) in [4.78, 5) is 21.8. The van der Waals surface area contributed by atoms with Gasteiger partial charge in [0.2, 0.25) is 0 Å². The second kappa shape index (κ2) is 6.19. The van der Waals surface area contributed by atoms with Crippen LogP contribution in [-0.2, 0) is 9.47 Å². The summed E-state index contributed by atoms with van der Waals surface area (Å²) in [7, 11) is 2.69. The molecule has 1 saturated carbocycles. The van der Waals surface area contributed by atoms with Gasteiger partial charge in [-0.2, -0.15) is 0 Å². The molecule has 1 fully saturated rings. The van der Waals surface area contributed by atoms with Crippen molar-refractivity contribution >= 4 is 12.2 Å². The second-order valence-electron chi connectivity index (χ2n) is 3.88. The van der Waals surface area contributed by atoms with E-state index in [-0.39, 0.29) is 6.04 Å². The van der Waals surface area contributed by atoms with Crippen LogP contribution in [0, 0.1) is 5.92 Å². The lowest BCUT2D eigenvalue weighted by Gasteiger charge is -2.12. The Balaban J connectivity index is 2.19. The van der Waals surface area contributed by atoms with Crippen molar-refractivity contribution in [3.8, 4) is 0 Å². The molecular formula is C10H18N2O4. The normalized spacial score (nSPS) is 23.6. The predicted octanol–water partition coefficient (Wildman–Crippen LogP) is 0.867. The number of ether oxygens (including phenoxy) is 2. The first-order valence-corrected chi connectivity index (χ1v) is 5.32. The molecule has 0 aromatic rings. The van der Waals surface area contributed by atoms with Crippen LogP contribution in [0.3, 0.4) is 0 Å². The summed E-state index contributed by atoms with van der Waals surface area (Å²) < 4.78 is 9.00. The molecule has 0 heterocycles. The van der Waals surface area contributed by atoms with Gasteiger partial charge in [-0.1, -0.05) is 0 Å². The summed E-state index contributed by atoms with van der Waals surface area (Å²) in [5.74, 6) is 0.390. The summed E-state index contributed by atoms with van der Waals surface area (Å²) in [6, 6.07) is 0.150. The van der Waals surface area contributed by atoms with Gasteiger partial charge >= 0.3 is 12.2 Å². The van der Waals surface area contributed by atoms with Crippen molar-refractivity contribution in [3.05, 3.63) is 0 Å². The van der Waals surface area contributed by atoms with Gasteiger partial charge in [0.15, 0.2) is 0 Å². The van der Waals surface area contributed by atoms with Crippen molar-refractivity contribution in [2.45, 2.75) is 25.3 Å². The standard InChI is InChI=1S/C10H18N2O4/c1-15-9(13)11-6-7-3-4-8(5-7)12-10(14)16-2/h7-8H,3-6H2,1-2H3,(H,11,13)(H,12,14). The Morgan fingerprint density at radius 3 is 2.50 bits per heavy atom. The third kappa shape index (κ3) is 3.96. The molecule has 1 aliphatic rings. The third-order valence-electron chi connectivity index (χ3n) is 2.77. The van der Waals surface area contributed by atoms with Crippen molar-refractivity contribution in [3.63, 3.8) is 0 Å². The molecule has 0 aromatic carbocycles. The maximum atomic E-state index is 11.0. The molecule has 0 saturated heterocycles. The number of nitrogens with one attached hydrogen (secondary N) is 2. The van der Waals surface area contributed by atoms with E-state index in [4.69, 9.17) is 0 Å². The Bertz CT molecular complexity index is 257. The maximum Gasteiger partial charge on any atom is 0.407 e. The minimum Gasteiger partial charge on any atom is -0.453 e. The van der Waals surface area contributed by atoms with E-state index in [1.54, 1.807) is 0 Å². The summed E-state index contributed by atoms with van der Waals surface area (Å²) >= 11 is 0. The van der Waals surface area contributed by atoms with E-state index in [1.165, 1.54) is 14.2 Å². The summed E-state index contributed by atoms with van der Waals surface area (Å²) in [6.45, 7) is 0.589. The number of carbonyl (C=O) groups excluding carboxylic acids is 2. The molecule has 2 atom stereocenters. The van der Waals surface area contributed by atoms with E-state index in [0.29, 0.717) is 12.5 Å². The fourth-order valence-corrected chi connectivity index (χ4v) is 1.92. The van der Waals surface area contributed by atoms with E-state index < -0.39 is 12.2 Å². The summed E-state index contributed by atoms with van der Waals surface area (Å²) in [5.41, 5.74) is 0. The molecule has 0 radical (unpaired) electrons. The lowest BCUT2D eigenvalue weighted by atomic mass is 10.1. The van der Waals surface area contributed by atoms with Gasteiger partial charge in [-0.15, -0.1) is 0 Å². The van der Waals surface area contributed by atoms with Gasteiger partial charge in [0.05, 0.1) is 14.2 Å². The van der Waals surface area contributed by atoms with Crippen LogP contribution < -0.4 is 10.6 Å². The molecule has 16 heavy (non-hydrogen) atoms. The highest BCUT2D eigenvalue weighted by Crippen LogP contribution is 2.24. The first-order chi connectivity index (χ1) is 7.65. The van der Waals surface area contributed by atoms with Crippen molar-refractivity contribution in [2.24, 2.45) is 5.92 Å². The number of rotatable bonds is 3. The molecule has 0 aromatic heterocycles. The van der Waals surface area contributed by atoms with E-state index in [0.717, 1.165) is 19.3 Å². The fourth-order valence-electron chi connectivity index (χ4n) is 1.92. The van der Waals surface area contributed by atoms with Crippen LogP contribution >= 0.6 is 0 Å². The van der Waals surface area contributed by atoms with Crippen LogP contribution in [-0.4, -0.2) is 39.0 Å². The molecule has 0 aliphatic heterocycles. The van der Waals surface area contributed by atoms with Crippen LogP contribution in [0.15, 0.2) is 0 Å². The van der Waals surface area contributed by atoms with Crippen LogP contribution in [0.4, 0.5) is 9.59 Å². The Labute approximate surface area is 94.7 Å². The zero-order valence-corrected chi connectivity index (χ0v) is 9.62. The van der Waals surface area contributed by atoms with Gasteiger partial charge in [0, 0.05) is 12.6 Å². The predicted molar refractivity (Wildman–Crippen MR) is 57.1 cm³/mol. The van der Waals surface area contributed by atoms with Gasteiger partial charge in [0.25, 0.3) is 0 Å². The van der Waals surface area contributed by atoms with Crippen LogP contribution in [0.25, 0.3) is 0 Å². The van der Waals surface area contributed by atoms with E-state index >= 15 is 0 Å². The smallest absolute Gasteiger partial charge is 0.407 e. The van der Waals surface area contributed by atoms with Crippen molar-refractivity contribution < 1.29 is 19.1 Å². The topological polar surface area (TPSA) is 76.7 Å². The molecule has 2 unspecified atom stereocenters. The molecular weight excluding hydrogens is 212 g/mol. The average Bonchev–Trinajstić information content (AvgIpc) is 2.73. The zero-order chi connectivity index (χ0) is 12.0. The quantitative estimate of drug-likeness (QED) is 0.754.